The van der Waals surface area contributed by atoms with Crippen LogP contribution in [0.3, 0.4) is 0 Å². The van der Waals surface area contributed by atoms with Crippen molar-refractivity contribution in [3.05, 3.63) is 0 Å². The first-order valence-corrected chi connectivity index (χ1v) is 2.86. The van der Waals surface area contributed by atoms with Gasteiger partial charge in [0.05, 0.1) is 0 Å². The Morgan fingerprint density at radius 1 is 1.60 bits per heavy atom. The van der Waals surface area contributed by atoms with Crippen molar-refractivity contribution < 1.29 is 14.3 Å². The van der Waals surface area contributed by atoms with Gasteiger partial charge in [-0.1, -0.05) is 13.8 Å². The molecule has 0 saturated heterocycles. The fourth-order valence-corrected chi connectivity index (χ4v) is 0.428. The zero-order valence-electron chi connectivity index (χ0n) is 5.90. The first kappa shape index (κ1) is 8.76. The molecule has 56 valence electrons. The summed E-state index contributed by atoms with van der Waals surface area (Å²) in [4.78, 5) is 9.78. The second kappa shape index (κ2) is 4.62. The van der Waals surface area contributed by atoms with Gasteiger partial charge in [0.25, 0.3) is 19.0 Å². The van der Waals surface area contributed by atoms with Gasteiger partial charge < -0.3 is 9.47 Å². The molecule has 0 heterocycles. The van der Waals surface area contributed by atoms with Crippen molar-refractivity contribution in [3.63, 3.8) is 0 Å². The predicted octanol–water partition coefficient (Wildman–Crippen LogP) is 0.639. The van der Waals surface area contributed by atoms with E-state index >= 15 is 0 Å². The minimum atomic E-state index is -0.748. The van der Waals surface area contributed by atoms with E-state index < -0.39 is 6.29 Å². The van der Waals surface area contributed by atoms with Crippen molar-refractivity contribution >= 4 is 6.47 Å². The highest BCUT2D eigenvalue weighted by molar-refractivity contribution is 5.37. The van der Waals surface area contributed by atoms with Gasteiger partial charge in [0.15, 0.2) is 0 Å². The van der Waals surface area contributed by atoms with Gasteiger partial charge in [-0.05, 0) is 0 Å². The van der Waals surface area contributed by atoms with Crippen molar-refractivity contribution in [2.45, 2.75) is 20.1 Å². The van der Waals surface area contributed by atoms with Crippen molar-refractivity contribution in [2.24, 2.45) is 5.92 Å². The summed E-state index contributed by atoms with van der Waals surface area (Å²) in [5, 5.41) is 8.04. The molecule has 0 spiro atoms. The summed E-state index contributed by atoms with van der Waals surface area (Å²) in [6, 6.07) is 0. The summed E-state index contributed by atoms with van der Waals surface area (Å²) in [5.41, 5.74) is 0. The summed E-state index contributed by atoms with van der Waals surface area (Å²) in [7, 11) is 0. The second-order valence-electron chi connectivity index (χ2n) is 2.05. The molecule has 0 amide bonds. The van der Waals surface area contributed by atoms with Crippen LogP contribution in [0.5, 0.6) is 0 Å². The highest BCUT2D eigenvalue weighted by Gasteiger charge is 2.14. The van der Waals surface area contributed by atoms with E-state index in [0.717, 1.165) is 0 Å². The molecule has 4 heteroatoms. The fourth-order valence-electron chi connectivity index (χ4n) is 0.428. The number of carbonyl (C=O) groups is 1. The molecule has 0 aliphatic carbocycles. The number of rotatable bonds is 4. The maximum Gasteiger partial charge on any atom is 0.296 e. The Morgan fingerprint density at radius 2 is 2.20 bits per heavy atom. The predicted molar refractivity (Wildman–Crippen MR) is 32.5 cm³/mol. The third kappa shape index (κ3) is 2.92. The van der Waals surface area contributed by atoms with E-state index in [1.807, 2.05) is 0 Å². The largest absolute Gasteiger partial charge is 0.426 e. The van der Waals surface area contributed by atoms with Crippen LogP contribution >= 0.6 is 0 Å². The molecule has 10 heavy (non-hydrogen) atoms. The Balaban J connectivity index is 3.74. The van der Waals surface area contributed by atoms with E-state index in [0.29, 0.717) is 0 Å². The zero-order chi connectivity index (χ0) is 7.98. The minimum Gasteiger partial charge on any atom is -0.426 e. The summed E-state index contributed by atoms with van der Waals surface area (Å²) in [5.74, 6) is -0.00940. The standard InChI is InChI=1S/C6H9NO3/c1-5(2)6(9-3-7)10-4-8/h4-6H,1-2H3. The molecular weight excluding hydrogens is 134 g/mol. The van der Waals surface area contributed by atoms with Crippen LogP contribution in [-0.2, 0) is 14.3 Å². The number of nitriles is 1. The van der Waals surface area contributed by atoms with Gasteiger partial charge in [0.1, 0.15) is 0 Å². The highest BCUT2D eigenvalue weighted by atomic mass is 16.7. The number of hydrogen-bond donors (Lipinski definition) is 0. The Bertz CT molecular complexity index is 138. The van der Waals surface area contributed by atoms with Crippen LogP contribution in [0.4, 0.5) is 0 Å². The number of nitrogens with zero attached hydrogens (tertiary/aromatic N) is 1. The smallest absolute Gasteiger partial charge is 0.296 e. The third-order valence-corrected chi connectivity index (χ3v) is 0.903. The molecule has 0 rings (SSSR count). The normalized spacial score (nSPS) is 11.8. The van der Waals surface area contributed by atoms with Gasteiger partial charge in [0.2, 0.25) is 0 Å². The molecule has 0 aliphatic rings. The number of carbonyl (C=O) groups excluding carboxylic acids is 1. The first-order valence-electron chi connectivity index (χ1n) is 2.86. The van der Waals surface area contributed by atoms with Crippen molar-refractivity contribution in [1.29, 1.82) is 5.26 Å². The van der Waals surface area contributed by atoms with Gasteiger partial charge in [0, 0.05) is 5.92 Å². The minimum absolute atomic E-state index is 0.00940. The van der Waals surface area contributed by atoms with Gasteiger partial charge in [-0.15, -0.1) is 0 Å². The van der Waals surface area contributed by atoms with Crippen molar-refractivity contribution in [3.8, 4) is 6.26 Å². The van der Waals surface area contributed by atoms with Crippen LogP contribution in [0.15, 0.2) is 0 Å². The van der Waals surface area contributed by atoms with E-state index in [-0.39, 0.29) is 12.4 Å². The lowest BCUT2D eigenvalue weighted by Crippen LogP contribution is -2.20. The third-order valence-electron chi connectivity index (χ3n) is 0.903. The van der Waals surface area contributed by atoms with E-state index in [2.05, 4.69) is 9.47 Å². The Morgan fingerprint density at radius 3 is 2.50 bits per heavy atom. The lowest BCUT2D eigenvalue weighted by atomic mass is 10.2. The van der Waals surface area contributed by atoms with Crippen LogP contribution in [0.25, 0.3) is 0 Å². The maximum absolute atomic E-state index is 9.78. The lowest BCUT2D eigenvalue weighted by Gasteiger charge is -2.14. The summed E-state index contributed by atoms with van der Waals surface area (Å²) in [6.45, 7) is 3.83. The molecule has 0 bridgehead atoms. The molecule has 1 atom stereocenters. The van der Waals surface area contributed by atoms with Crippen molar-refractivity contribution in [2.75, 3.05) is 0 Å². The average Bonchev–Trinajstić information content (AvgIpc) is 1.87. The zero-order valence-corrected chi connectivity index (χ0v) is 5.90. The molecule has 0 fully saturated rings. The summed E-state index contributed by atoms with van der Waals surface area (Å²) in [6.07, 6.45) is 0.702. The van der Waals surface area contributed by atoms with Crippen LogP contribution in [-0.4, -0.2) is 12.8 Å². The van der Waals surface area contributed by atoms with Gasteiger partial charge >= 0.3 is 0 Å². The molecule has 0 aromatic rings. The molecule has 0 N–H and O–H groups in total. The van der Waals surface area contributed by atoms with E-state index in [4.69, 9.17) is 5.26 Å². The Hall–Kier alpha value is -1.24. The lowest BCUT2D eigenvalue weighted by molar-refractivity contribution is -0.158. The van der Waals surface area contributed by atoms with E-state index in [1.54, 1.807) is 13.8 Å². The second-order valence-corrected chi connectivity index (χ2v) is 2.05. The van der Waals surface area contributed by atoms with Crippen molar-refractivity contribution in [1.82, 2.24) is 0 Å². The van der Waals surface area contributed by atoms with Crippen LogP contribution in [0, 0.1) is 17.4 Å². The molecule has 0 aromatic carbocycles. The Kier molecular flexibility index (Phi) is 4.05. The summed E-state index contributed by atoms with van der Waals surface area (Å²) >= 11 is 0. The molecule has 4 nitrogen and oxygen atoms in total. The highest BCUT2D eigenvalue weighted by Crippen LogP contribution is 2.05. The van der Waals surface area contributed by atoms with Gasteiger partial charge in [-0.3, -0.25) is 4.79 Å². The number of ether oxygens (including phenoxy) is 2. The monoisotopic (exact) mass is 143 g/mol. The van der Waals surface area contributed by atoms with Crippen LogP contribution in [0.2, 0.25) is 0 Å². The topological polar surface area (TPSA) is 59.3 Å². The SMILES string of the molecule is CC(C)C(OC#N)OC=O. The van der Waals surface area contributed by atoms with Gasteiger partial charge in [-0.2, -0.15) is 5.26 Å². The molecule has 0 saturated carbocycles. The molecular formula is C6H9NO3. The fraction of sp³-hybridized carbons (Fsp3) is 0.667. The Labute approximate surface area is 59.3 Å². The molecule has 1 unspecified atom stereocenters. The van der Waals surface area contributed by atoms with Crippen LogP contribution in [0.1, 0.15) is 13.8 Å². The molecule has 0 aliphatic heterocycles. The summed E-state index contributed by atoms with van der Waals surface area (Å²) < 4.78 is 8.81. The molecule has 0 radical (unpaired) electrons. The van der Waals surface area contributed by atoms with E-state index in [9.17, 15) is 4.79 Å². The average molecular weight is 143 g/mol. The maximum atomic E-state index is 9.78. The van der Waals surface area contributed by atoms with Gasteiger partial charge in [-0.25, -0.2) is 0 Å². The van der Waals surface area contributed by atoms with E-state index in [1.165, 1.54) is 6.26 Å². The number of hydrogen-bond acceptors (Lipinski definition) is 4. The van der Waals surface area contributed by atoms with Crippen LogP contribution < -0.4 is 0 Å². The first-order chi connectivity index (χ1) is 4.72. The molecule has 0 aromatic heterocycles. The quantitative estimate of drug-likeness (QED) is 0.329.